The van der Waals surface area contributed by atoms with Crippen LogP contribution in [0.4, 0.5) is 17.3 Å². The molecule has 0 amide bonds. The SMILES string of the molecule is C[C@H]1CN(c2ccc3cc(Nc4nn(C(CC#N)C5CC5)c5cc[nH]c(=O)c45)ccc3n2)[C@@H](C)CO1. The lowest BCUT2D eigenvalue weighted by Gasteiger charge is -2.37. The van der Waals surface area contributed by atoms with Gasteiger partial charge in [0.1, 0.15) is 11.2 Å². The van der Waals surface area contributed by atoms with Gasteiger partial charge in [-0.3, -0.25) is 9.48 Å². The Bertz CT molecular complexity index is 1530. The fraction of sp³-hybridized carbons (Fsp3) is 0.407. The number of hydrogen-bond donors (Lipinski definition) is 2. The van der Waals surface area contributed by atoms with Crippen LogP contribution in [0.3, 0.4) is 0 Å². The largest absolute Gasteiger partial charge is 0.375 e. The van der Waals surface area contributed by atoms with Crippen LogP contribution in [-0.2, 0) is 4.74 Å². The van der Waals surface area contributed by atoms with Crippen molar-refractivity contribution in [3.05, 3.63) is 52.9 Å². The number of ether oxygens (including phenoxy) is 1. The van der Waals surface area contributed by atoms with E-state index in [1.54, 1.807) is 6.20 Å². The Balaban J connectivity index is 1.34. The van der Waals surface area contributed by atoms with E-state index < -0.39 is 0 Å². The van der Waals surface area contributed by atoms with E-state index >= 15 is 0 Å². The van der Waals surface area contributed by atoms with Crippen molar-refractivity contribution in [1.29, 1.82) is 5.26 Å². The molecule has 0 spiro atoms. The van der Waals surface area contributed by atoms with Crippen molar-refractivity contribution in [2.75, 3.05) is 23.4 Å². The number of benzene rings is 1. The van der Waals surface area contributed by atoms with Gasteiger partial charge in [0.2, 0.25) is 0 Å². The van der Waals surface area contributed by atoms with Gasteiger partial charge in [-0.2, -0.15) is 10.4 Å². The average Bonchev–Trinajstić information content (AvgIpc) is 3.66. The van der Waals surface area contributed by atoms with E-state index in [9.17, 15) is 10.1 Å². The van der Waals surface area contributed by atoms with Crippen LogP contribution in [-0.4, -0.2) is 45.0 Å². The predicted octanol–water partition coefficient (Wildman–Crippen LogP) is 4.49. The van der Waals surface area contributed by atoms with Crippen LogP contribution in [0.2, 0.25) is 0 Å². The molecule has 0 radical (unpaired) electrons. The van der Waals surface area contributed by atoms with Crippen molar-refractivity contribution >= 4 is 39.1 Å². The zero-order valence-electron chi connectivity index (χ0n) is 20.4. The van der Waals surface area contributed by atoms with Crippen molar-refractivity contribution in [1.82, 2.24) is 19.7 Å². The summed E-state index contributed by atoms with van der Waals surface area (Å²) in [5, 5.41) is 19.0. The molecule has 6 rings (SSSR count). The highest BCUT2D eigenvalue weighted by Gasteiger charge is 2.34. The molecule has 36 heavy (non-hydrogen) atoms. The minimum Gasteiger partial charge on any atom is -0.375 e. The highest BCUT2D eigenvalue weighted by Crippen LogP contribution is 2.43. The monoisotopic (exact) mass is 483 g/mol. The molecule has 1 aliphatic heterocycles. The maximum atomic E-state index is 12.8. The number of aromatic amines is 1. The molecule has 4 heterocycles. The molecule has 4 aromatic rings. The van der Waals surface area contributed by atoms with Crippen LogP contribution >= 0.6 is 0 Å². The van der Waals surface area contributed by atoms with E-state index in [1.807, 2.05) is 28.9 Å². The topological polar surface area (TPSA) is 112 Å². The lowest BCUT2D eigenvalue weighted by Crippen LogP contribution is -2.47. The Morgan fingerprint density at radius 2 is 2.11 bits per heavy atom. The molecular formula is C27H29N7O2. The zero-order chi connectivity index (χ0) is 24.8. The summed E-state index contributed by atoms with van der Waals surface area (Å²) < 4.78 is 7.63. The van der Waals surface area contributed by atoms with Crippen LogP contribution < -0.4 is 15.8 Å². The number of hydrogen-bond acceptors (Lipinski definition) is 7. The minimum atomic E-state index is -0.200. The van der Waals surface area contributed by atoms with E-state index in [0.717, 1.165) is 47.3 Å². The zero-order valence-corrected chi connectivity index (χ0v) is 20.4. The summed E-state index contributed by atoms with van der Waals surface area (Å²) in [6, 6.07) is 14.5. The molecule has 2 aliphatic rings. The maximum absolute atomic E-state index is 12.8. The van der Waals surface area contributed by atoms with Crippen molar-refractivity contribution < 1.29 is 4.74 Å². The number of nitrogens with one attached hydrogen (secondary N) is 2. The number of nitriles is 1. The van der Waals surface area contributed by atoms with Crippen molar-refractivity contribution in [2.45, 2.75) is 51.3 Å². The van der Waals surface area contributed by atoms with Crippen LogP contribution in [0.25, 0.3) is 21.8 Å². The minimum absolute atomic E-state index is 0.0284. The van der Waals surface area contributed by atoms with Gasteiger partial charge in [0, 0.05) is 23.8 Å². The molecule has 2 fully saturated rings. The van der Waals surface area contributed by atoms with Crippen molar-refractivity contribution in [2.24, 2.45) is 5.92 Å². The Kier molecular flexibility index (Phi) is 5.61. The number of morpholine rings is 1. The summed E-state index contributed by atoms with van der Waals surface area (Å²) in [5.41, 5.74) is 2.27. The Morgan fingerprint density at radius 1 is 1.25 bits per heavy atom. The normalized spacial score (nSPS) is 21.0. The Hall–Kier alpha value is -3.90. The van der Waals surface area contributed by atoms with Gasteiger partial charge in [-0.05, 0) is 69.0 Å². The van der Waals surface area contributed by atoms with Gasteiger partial charge < -0.3 is 19.9 Å². The molecule has 1 aromatic carbocycles. The number of H-pyrrole nitrogens is 1. The summed E-state index contributed by atoms with van der Waals surface area (Å²) in [6.07, 6.45) is 4.36. The first-order chi connectivity index (χ1) is 17.5. The van der Waals surface area contributed by atoms with Crippen molar-refractivity contribution in [3.63, 3.8) is 0 Å². The summed E-state index contributed by atoms with van der Waals surface area (Å²) in [7, 11) is 0. The summed E-state index contributed by atoms with van der Waals surface area (Å²) >= 11 is 0. The smallest absolute Gasteiger partial charge is 0.261 e. The van der Waals surface area contributed by atoms with Crippen LogP contribution in [0.5, 0.6) is 0 Å². The lowest BCUT2D eigenvalue weighted by atomic mass is 10.1. The molecule has 3 aromatic heterocycles. The number of pyridine rings is 2. The van der Waals surface area contributed by atoms with Gasteiger partial charge in [0.15, 0.2) is 5.82 Å². The number of anilines is 3. The predicted molar refractivity (Wildman–Crippen MR) is 140 cm³/mol. The highest BCUT2D eigenvalue weighted by molar-refractivity contribution is 5.92. The fourth-order valence-electron chi connectivity index (χ4n) is 5.18. The van der Waals surface area contributed by atoms with Crippen molar-refractivity contribution in [3.8, 4) is 6.07 Å². The molecule has 2 N–H and O–H groups in total. The number of aromatic nitrogens is 4. The molecule has 1 unspecified atom stereocenters. The standard InChI is InChI=1S/C27H29N7O2/c1-16-15-36-17(2)14-33(16)24-8-5-19-13-20(6-7-21(19)31-24)30-26-25-23(10-12-29-27(25)35)34(32-26)22(9-11-28)18-3-4-18/h5-8,10,12-13,16-18,22H,3-4,9,14-15H2,1-2H3,(H,29,35)(H,30,32)/t16-,17-,22?/m0/s1. The van der Waals surface area contributed by atoms with E-state index in [2.05, 4.69) is 47.3 Å². The van der Waals surface area contributed by atoms with Crippen LogP contribution in [0, 0.1) is 17.2 Å². The first kappa shape index (κ1) is 22.6. The number of fused-ring (bicyclic) bond motifs is 2. The first-order valence-corrected chi connectivity index (χ1v) is 12.5. The molecule has 3 atom stereocenters. The maximum Gasteiger partial charge on any atom is 0.261 e. The molecule has 184 valence electrons. The van der Waals surface area contributed by atoms with Gasteiger partial charge in [0.05, 0.1) is 48.3 Å². The van der Waals surface area contributed by atoms with E-state index in [0.29, 0.717) is 30.1 Å². The molecule has 9 heteroatoms. The molecule has 1 saturated carbocycles. The third kappa shape index (κ3) is 4.07. The highest BCUT2D eigenvalue weighted by atomic mass is 16.5. The third-order valence-corrected chi connectivity index (χ3v) is 7.25. The summed E-state index contributed by atoms with van der Waals surface area (Å²) in [4.78, 5) is 22.7. The second-order valence-electron chi connectivity index (χ2n) is 9.97. The Labute approximate surface area is 208 Å². The second-order valence-corrected chi connectivity index (χ2v) is 9.97. The fourth-order valence-corrected chi connectivity index (χ4v) is 5.18. The van der Waals surface area contributed by atoms with Gasteiger partial charge >= 0.3 is 0 Å². The second kappa shape index (κ2) is 8.95. The Morgan fingerprint density at radius 3 is 2.92 bits per heavy atom. The lowest BCUT2D eigenvalue weighted by molar-refractivity contribution is 0.0341. The van der Waals surface area contributed by atoms with E-state index in [1.165, 1.54) is 0 Å². The molecular weight excluding hydrogens is 454 g/mol. The molecule has 9 nitrogen and oxygen atoms in total. The van der Waals surface area contributed by atoms with Gasteiger partial charge in [-0.1, -0.05) is 0 Å². The van der Waals surface area contributed by atoms with Crippen LogP contribution in [0.1, 0.15) is 39.2 Å². The summed E-state index contributed by atoms with van der Waals surface area (Å²) in [6.45, 7) is 5.75. The number of rotatable bonds is 6. The first-order valence-electron chi connectivity index (χ1n) is 12.5. The van der Waals surface area contributed by atoms with Crippen LogP contribution in [0.15, 0.2) is 47.4 Å². The molecule has 0 bridgehead atoms. The van der Waals surface area contributed by atoms with E-state index in [-0.39, 0.29) is 23.7 Å². The summed E-state index contributed by atoms with van der Waals surface area (Å²) in [5.74, 6) is 1.87. The quantitative estimate of drug-likeness (QED) is 0.415. The molecule has 1 saturated heterocycles. The van der Waals surface area contributed by atoms with Gasteiger partial charge in [-0.25, -0.2) is 4.98 Å². The number of nitrogens with zero attached hydrogens (tertiary/aromatic N) is 5. The third-order valence-electron chi connectivity index (χ3n) is 7.25. The van der Waals surface area contributed by atoms with Gasteiger partial charge in [0.25, 0.3) is 5.56 Å². The van der Waals surface area contributed by atoms with Gasteiger partial charge in [-0.15, -0.1) is 0 Å². The van der Waals surface area contributed by atoms with E-state index in [4.69, 9.17) is 14.8 Å². The average molecular weight is 484 g/mol. The molecule has 1 aliphatic carbocycles.